The first-order valence-electron chi connectivity index (χ1n) is 4.85. The van der Waals surface area contributed by atoms with Crippen molar-refractivity contribution in [1.29, 1.82) is 0 Å². The summed E-state index contributed by atoms with van der Waals surface area (Å²) < 4.78 is 0. The Morgan fingerprint density at radius 2 is 1.00 bits per heavy atom. The van der Waals surface area contributed by atoms with Crippen molar-refractivity contribution in [2.45, 2.75) is 12.8 Å². The molecule has 0 heterocycles. The molecule has 0 aromatic heterocycles. The molecule has 0 bridgehead atoms. The first-order valence-corrected chi connectivity index (χ1v) is 4.85. The fraction of sp³-hybridized carbons (Fsp3) is 0.143. The Bertz CT molecular complexity index is 333. The Morgan fingerprint density at radius 3 is 1.31 bits per heavy atom. The molecule has 0 atom stereocenters. The zero-order valence-corrected chi connectivity index (χ0v) is 13.2. The Hall–Kier alpha value is -0.287. The summed E-state index contributed by atoms with van der Waals surface area (Å²) in [5.74, 6) is 0. The van der Waals surface area contributed by atoms with Crippen molar-refractivity contribution in [2.24, 2.45) is 0 Å². The summed E-state index contributed by atoms with van der Waals surface area (Å²) in [6.45, 7) is 0. The van der Waals surface area contributed by atoms with Crippen LogP contribution in [-0.4, -0.2) is 0 Å². The van der Waals surface area contributed by atoms with Gasteiger partial charge in [0.2, 0.25) is 0 Å². The number of hydrogen-bond acceptors (Lipinski definition) is 0. The standard InChI is InChI=1S/C14H12.V.W/c1-3-7-13(8-4-1)11-12-14-9-5-2-6-10-14;;/h3-10H,11-12H2;;/q-2;;. The van der Waals surface area contributed by atoms with E-state index in [9.17, 15) is 0 Å². The molecule has 0 aliphatic carbocycles. The Labute approximate surface area is 124 Å². The van der Waals surface area contributed by atoms with Crippen LogP contribution in [0, 0.1) is 12.1 Å². The molecular formula is C14H12VW-2. The minimum Gasteiger partial charge on any atom is -0.184 e. The molecule has 0 aliphatic rings. The van der Waals surface area contributed by atoms with Crippen LogP contribution >= 0.6 is 0 Å². The van der Waals surface area contributed by atoms with Gasteiger partial charge in [-0.25, -0.2) is 0 Å². The molecule has 0 aliphatic heterocycles. The quantitative estimate of drug-likeness (QED) is 0.677. The van der Waals surface area contributed by atoms with Gasteiger partial charge in [-0.05, 0) is 12.8 Å². The van der Waals surface area contributed by atoms with Crippen molar-refractivity contribution in [2.75, 3.05) is 0 Å². The Kier molecular flexibility index (Phi) is 8.66. The van der Waals surface area contributed by atoms with Gasteiger partial charge in [0.25, 0.3) is 0 Å². The maximum absolute atomic E-state index is 3.03. The van der Waals surface area contributed by atoms with Crippen LogP contribution in [0.1, 0.15) is 11.1 Å². The second-order valence-electron chi connectivity index (χ2n) is 3.32. The number of aryl methyl sites for hydroxylation is 2. The van der Waals surface area contributed by atoms with E-state index in [0.717, 1.165) is 12.8 Å². The van der Waals surface area contributed by atoms with Gasteiger partial charge in [0.1, 0.15) is 0 Å². The van der Waals surface area contributed by atoms with Crippen LogP contribution in [0.15, 0.2) is 48.5 Å². The molecule has 0 unspecified atom stereocenters. The van der Waals surface area contributed by atoms with Gasteiger partial charge in [-0.2, -0.15) is 71.8 Å². The molecule has 0 fully saturated rings. The summed E-state index contributed by atoms with van der Waals surface area (Å²) in [6, 6.07) is 22.4. The third-order valence-corrected chi connectivity index (χ3v) is 2.28. The van der Waals surface area contributed by atoms with Gasteiger partial charge >= 0.3 is 0 Å². The average Bonchev–Trinajstić information content (AvgIpc) is 2.29. The van der Waals surface area contributed by atoms with E-state index in [4.69, 9.17) is 0 Å². The molecule has 16 heavy (non-hydrogen) atoms. The molecular weight excluding hydrogens is 403 g/mol. The van der Waals surface area contributed by atoms with E-state index in [2.05, 4.69) is 36.4 Å². The summed E-state index contributed by atoms with van der Waals surface area (Å²) in [7, 11) is 0. The fourth-order valence-corrected chi connectivity index (χ4v) is 1.46. The molecule has 0 amide bonds. The third kappa shape index (κ3) is 5.17. The van der Waals surface area contributed by atoms with Gasteiger partial charge in [-0.15, -0.1) is 0 Å². The van der Waals surface area contributed by atoms with Gasteiger partial charge in [0, 0.05) is 39.6 Å². The van der Waals surface area contributed by atoms with Crippen LogP contribution < -0.4 is 0 Å². The maximum atomic E-state index is 3.03. The molecule has 0 spiro atoms. The normalized spacial score (nSPS) is 8.75. The van der Waals surface area contributed by atoms with E-state index in [1.807, 2.05) is 24.3 Å². The molecule has 0 saturated carbocycles. The van der Waals surface area contributed by atoms with E-state index in [0.29, 0.717) is 0 Å². The van der Waals surface area contributed by atoms with E-state index >= 15 is 0 Å². The SMILES string of the molecule is [V].[W].[c-]1ccc(CCc2cc[c-]cc2)cc1. The molecule has 0 nitrogen and oxygen atoms in total. The van der Waals surface area contributed by atoms with Crippen molar-refractivity contribution in [1.82, 2.24) is 0 Å². The number of hydrogen-bond donors (Lipinski definition) is 0. The van der Waals surface area contributed by atoms with E-state index in [-0.39, 0.29) is 39.6 Å². The van der Waals surface area contributed by atoms with Crippen LogP contribution in [0.2, 0.25) is 0 Å². The molecule has 2 aromatic rings. The first kappa shape index (κ1) is 15.7. The van der Waals surface area contributed by atoms with Crippen LogP contribution in [0.3, 0.4) is 0 Å². The molecule has 1 radical (unpaired) electrons. The minimum absolute atomic E-state index is 0. The molecule has 2 heteroatoms. The first-order chi connectivity index (χ1) is 6.95. The summed E-state index contributed by atoms with van der Waals surface area (Å²) >= 11 is 0. The van der Waals surface area contributed by atoms with Crippen LogP contribution in [-0.2, 0) is 52.5 Å². The minimum atomic E-state index is 0. The predicted octanol–water partition coefficient (Wildman–Crippen LogP) is 3.07. The topological polar surface area (TPSA) is 0 Å². The van der Waals surface area contributed by atoms with E-state index in [1.54, 1.807) is 0 Å². The fourth-order valence-electron chi connectivity index (χ4n) is 1.46. The second kappa shape index (κ2) is 8.82. The van der Waals surface area contributed by atoms with E-state index < -0.39 is 0 Å². The molecule has 2 aromatic carbocycles. The Morgan fingerprint density at radius 1 is 0.688 bits per heavy atom. The second-order valence-corrected chi connectivity index (χ2v) is 3.32. The van der Waals surface area contributed by atoms with Gasteiger partial charge in [-0.1, -0.05) is 0 Å². The number of rotatable bonds is 3. The molecule has 0 saturated heterocycles. The predicted molar refractivity (Wildman–Crippen MR) is 58.0 cm³/mol. The summed E-state index contributed by atoms with van der Waals surface area (Å²) in [4.78, 5) is 0. The van der Waals surface area contributed by atoms with Crippen molar-refractivity contribution in [3.63, 3.8) is 0 Å². The smallest absolute Gasteiger partial charge is 0 e. The summed E-state index contributed by atoms with van der Waals surface area (Å²) in [6.07, 6.45) is 2.19. The van der Waals surface area contributed by atoms with Gasteiger partial charge < -0.3 is 0 Å². The van der Waals surface area contributed by atoms with Crippen molar-refractivity contribution in [3.05, 3.63) is 71.8 Å². The Balaban J connectivity index is 0.00000112. The van der Waals surface area contributed by atoms with Crippen molar-refractivity contribution >= 4 is 0 Å². The molecule has 0 N–H and O–H groups in total. The molecule has 81 valence electrons. The maximum Gasteiger partial charge on any atom is 0 e. The average molecular weight is 415 g/mol. The summed E-state index contributed by atoms with van der Waals surface area (Å²) in [5.41, 5.74) is 2.74. The van der Waals surface area contributed by atoms with Gasteiger partial charge in [-0.3, -0.25) is 0 Å². The monoisotopic (exact) mass is 415 g/mol. The van der Waals surface area contributed by atoms with Crippen molar-refractivity contribution < 1.29 is 39.6 Å². The number of benzene rings is 2. The van der Waals surface area contributed by atoms with Crippen LogP contribution in [0.4, 0.5) is 0 Å². The largest absolute Gasteiger partial charge is 0.184 e. The summed E-state index contributed by atoms with van der Waals surface area (Å²) in [5, 5.41) is 0. The van der Waals surface area contributed by atoms with Gasteiger partial charge in [0.05, 0.1) is 0 Å². The molecule has 2 rings (SSSR count). The van der Waals surface area contributed by atoms with E-state index in [1.165, 1.54) is 11.1 Å². The van der Waals surface area contributed by atoms with Crippen LogP contribution in [0.25, 0.3) is 0 Å². The van der Waals surface area contributed by atoms with Crippen molar-refractivity contribution in [3.8, 4) is 0 Å². The third-order valence-electron chi connectivity index (χ3n) is 2.28. The zero-order valence-electron chi connectivity index (χ0n) is 8.89. The van der Waals surface area contributed by atoms with Crippen LogP contribution in [0.5, 0.6) is 0 Å². The zero-order chi connectivity index (χ0) is 9.64. The van der Waals surface area contributed by atoms with Gasteiger partial charge in [0.15, 0.2) is 0 Å².